The van der Waals surface area contributed by atoms with Gasteiger partial charge in [-0.25, -0.2) is 14.5 Å². The van der Waals surface area contributed by atoms with Gasteiger partial charge in [0.1, 0.15) is 12.6 Å². The highest BCUT2D eigenvalue weighted by molar-refractivity contribution is 5.99. The standard InChI is InChI=1S/C34H31NO5/c36-32-29(23-25-13-5-1-6-14-25)21-22-30(35(32)34(38)39-24-26-15-7-2-8-16-26)33(37)40-31(27-17-9-3-10-18-27)28-19-11-4-12-20-28/h1-20,29-31H,21-24H2/t29-,30+/m1/s1. The van der Waals surface area contributed by atoms with Crippen LogP contribution in [0.5, 0.6) is 0 Å². The van der Waals surface area contributed by atoms with Gasteiger partial charge in [-0.05, 0) is 41.5 Å². The summed E-state index contributed by atoms with van der Waals surface area (Å²) >= 11 is 0. The molecular weight excluding hydrogens is 502 g/mol. The van der Waals surface area contributed by atoms with Crippen molar-refractivity contribution in [2.75, 3.05) is 0 Å². The van der Waals surface area contributed by atoms with E-state index in [-0.39, 0.29) is 6.61 Å². The van der Waals surface area contributed by atoms with Crippen molar-refractivity contribution in [3.8, 4) is 0 Å². The lowest BCUT2D eigenvalue weighted by Crippen LogP contribution is -2.55. The Labute approximate surface area is 234 Å². The van der Waals surface area contributed by atoms with E-state index >= 15 is 0 Å². The second kappa shape index (κ2) is 12.9. The SMILES string of the molecule is O=C(OC(c1ccccc1)c1ccccc1)[C@@H]1CC[C@H](Cc2ccccc2)C(=O)N1C(=O)OCc1ccccc1. The fraction of sp³-hybridized carbons (Fsp3) is 0.206. The molecule has 1 heterocycles. The van der Waals surface area contributed by atoms with Crippen molar-refractivity contribution in [3.05, 3.63) is 144 Å². The van der Waals surface area contributed by atoms with Crippen LogP contribution in [0.25, 0.3) is 0 Å². The van der Waals surface area contributed by atoms with Gasteiger partial charge in [0.2, 0.25) is 5.91 Å². The molecule has 0 aromatic heterocycles. The van der Waals surface area contributed by atoms with Crippen LogP contribution in [0, 0.1) is 5.92 Å². The zero-order chi connectivity index (χ0) is 27.7. The van der Waals surface area contributed by atoms with Gasteiger partial charge in [-0.2, -0.15) is 0 Å². The maximum Gasteiger partial charge on any atom is 0.417 e. The number of likely N-dealkylation sites (tertiary alicyclic amines) is 1. The van der Waals surface area contributed by atoms with E-state index in [1.165, 1.54) is 0 Å². The van der Waals surface area contributed by atoms with Crippen LogP contribution in [0.3, 0.4) is 0 Å². The second-order valence-electron chi connectivity index (χ2n) is 9.87. The van der Waals surface area contributed by atoms with Crippen molar-refractivity contribution in [2.45, 2.75) is 38.0 Å². The predicted molar refractivity (Wildman–Crippen MR) is 151 cm³/mol. The number of rotatable bonds is 8. The molecule has 0 saturated carbocycles. The van der Waals surface area contributed by atoms with E-state index in [1.54, 1.807) is 0 Å². The van der Waals surface area contributed by atoms with Crippen molar-refractivity contribution < 1.29 is 23.9 Å². The van der Waals surface area contributed by atoms with Crippen molar-refractivity contribution in [1.29, 1.82) is 0 Å². The first-order valence-corrected chi connectivity index (χ1v) is 13.5. The van der Waals surface area contributed by atoms with Gasteiger partial charge in [0.05, 0.1) is 0 Å². The summed E-state index contributed by atoms with van der Waals surface area (Å²) in [5.41, 5.74) is 3.37. The molecule has 0 aliphatic carbocycles. The Morgan fingerprint density at radius 2 is 1.20 bits per heavy atom. The first-order valence-electron chi connectivity index (χ1n) is 13.5. The predicted octanol–water partition coefficient (Wildman–Crippen LogP) is 6.51. The minimum absolute atomic E-state index is 0.00870. The molecular formula is C34H31NO5. The fourth-order valence-corrected chi connectivity index (χ4v) is 5.06. The number of hydrogen-bond acceptors (Lipinski definition) is 5. The van der Waals surface area contributed by atoms with Crippen molar-refractivity contribution >= 4 is 18.0 Å². The van der Waals surface area contributed by atoms with Crippen LogP contribution in [-0.2, 0) is 32.1 Å². The largest absolute Gasteiger partial charge is 0.451 e. The third kappa shape index (κ3) is 6.46. The maximum absolute atomic E-state index is 13.7. The van der Waals surface area contributed by atoms with Crippen molar-refractivity contribution in [1.82, 2.24) is 4.90 Å². The molecule has 5 rings (SSSR count). The fourth-order valence-electron chi connectivity index (χ4n) is 5.06. The summed E-state index contributed by atoms with van der Waals surface area (Å²) < 4.78 is 11.6. The number of nitrogens with zero attached hydrogens (tertiary/aromatic N) is 1. The molecule has 4 aromatic rings. The molecule has 1 fully saturated rings. The summed E-state index contributed by atoms with van der Waals surface area (Å²) in [6.07, 6.45) is -0.310. The zero-order valence-electron chi connectivity index (χ0n) is 22.1. The summed E-state index contributed by atoms with van der Waals surface area (Å²) in [7, 11) is 0. The lowest BCUT2D eigenvalue weighted by Gasteiger charge is -2.36. The molecule has 0 bridgehead atoms. The summed E-state index contributed by atoms with van der Waals surface area (Å²) in [5, 5.41) is 0. The van der Waals surface area contributed by atoms with Crippen LogP contribution in [-0.4, -0.2) is 28.9 Å². The number of esters is 1. The Bertz CT molecular complexity index is 1370. The molecule has 4 aromatic carbocycles. The number of amides is 2. The molecule has 202 valence electrons. The van der Waals surface area contributed by atoms with Gasteiger partial charge < -0.3 is 9.47 Å². The molecule has 0 unspecified atom stereocenters. The Hall–Kier alpha value is -4.71. The number of carbonyl (C=O) groups is 3. The number of carbonyl (C=O) groups excluding carboxylic acids is 3. The van der Waals surface area contributed by atoms with E-state index in [2.05, 4.69) is 0 Å². The van der Waals surface area contributed by atoms with Crippen LogP contribution in [0.2, 0.25) is 0 Å². The van der Waals surface area contributed by atoms with Gasteiger partial charge in [-0.3, -0.25) is 4.79 Å². The smallest absolute Gasteiger partial charge is 0.417 e. The Balaban J connectivity index is 1.39. The Morgan fingerprint density at radius 1 is 0.700 bits per heavy atom. The van der Waals surface area contributed by atoms with Crippen molar-refractivity contribution in [3.63, 3.8) is 0 Å². The molecule has 1 aliphatic heterocycles. The first kappa shape index (κ1) is 26.9. The van der Waals surface area contributed by atoms with Crippen LogP contribution in [0.1, 0.15) is 41.2 Å². The van der Waals surface area contributed by atoms with Crippen molar-refractivity contribution in [2.24, 2.45) is 5.92 Å². The maximum atomic E-state index is 13.7. The summed E-state index contributed by atoms with van der Waals surface area (Å²) in [6, 6.07) is 36.7. The second-order valence-corrected chi connectivity index (χ2v) is 9.87. The van der Waals surface area contributed by atoms with E-state index in [0.29, 0.717) is 19.3 Å². The normalized spacial score (nSPS) is 16.9. The highest BCUT2D eigenvalue weighted by Gasteiger charge is 2.45. The zero-order valence-corrected chi connectivity index (χ0v) is 22.1. The van der Waals surface area contributed by atoms with Crippen LogP contribution < -0.4 is 0 Å². The number of imide groups is 1. The van der Waals surface area contributed by atoms with E-state index in [4.69, 9.17) is 9.47 Å². The molecule has 0 N–H and O–H groups in total. The quantitative estimate of drug-likeness (QED) is 0.242. The van der Waals surface area contributed by atoms with Gasteiger partial charge in [-0.1, -0.05) is 121 Å². The lowest BCUT2D eigenvalue weighted by molar-refractivity contribution is -0.161. The van der Waals surface area contributed by atoms with E-state index in [0.717, 1.165) is 27.2 Å². The minimum Gasteiger partial charge on any atom is -0.451 e. The topological polar surface area (TPSA) is 72.9 Å². The molecule has 1 aliphatic rings. The average molecular weight is 534 g/mol. The molecule has 40 heavy (non-hydrogen) atoms. The number of hydrogen-bond donors (Lipinski definition) is 0. The molecule has 1 saturated heterocycles. The third-order valence-electron chi connectivity index (χ3n) is 7.12. The molecule has 2 amide bonds. The molecule has 0 radical (unpaired) electrons. The van der Waals surface area contributed by atoms with E-state index in [9.17, 15) is 14.4 Å². The van der Waals surface area contributed by atoms with Crippen LogP contribution in [0.15, 0.2) is 121 Å². The highest BCUT2D eigenvalue weighted by atomic mass is 16.6. The Morgan fingerprint density at radius 3 is 1.75 bits per heavy atom. The summed E-state index contributed by atoms with van der Waals surface area (Å²) in [6.45, 7) is -0.00870. The highest BCUT2D eigenvalue weighted by Crippen LogP contribution is 2.32. The van der Waals surface area contributed by atoms with E-state index < -0.39 is 36.0 Å². The average Bonchev–Trinajstić information content (AvgIpc) is 3.01. The third-order valence-corrected chi connectivity index (χ3v) is 7.12. The lowest BCUT2D eigenvalue weighted by atomic mass is 9.87. The number of piperidine rings is 1. The van der Waals surface area contributed by atoms with Gasteiger partial charge in [0, 0.05) is 5.92 Å². The number of ether oxygens (including phenoxy) is 2. The Kier molecular flexibility index (Phi) is 8.66. The minimum atomic E-state index is -1.09. The molecule has 6 heteroatoms. The molecule has 6 nitrogen and oxygen atoms in total. The van der Waals surface area contributed by atoms with Gasteiger partial charge >= 0.3 is 12.1 Å². The summed E-state index contributed by atoms with van der Waals surface area (Å²) in [4.78, 5) is 41.8. The summed E-state index contributed by atoms with van der Waals surface area (Å²) in [5.74, 6) is -1.51. The van der Waals surface area contributed by atoms with Crippen LogP contribution in [0.4, 0.5) is 4.79 Å². The monoisotopic (exact) mass is 533 g/mol. The van der Waals surface area contributed by atoms with E-state index in [1.807, 2.05) is 121 Å². The first-order chi connectivity index (χ1) is 19.6. The number of benzene rings is 4. The van der Waals surface area contributed by atoms with Gasteiger partial charge in [0.25, 0.3) is 0 Å². The van der Waals surface area contributed by atoms with Crippen LogP contribution >= 0.6 is 0 Å². The molecule has 2 atom stereocenters. The van der Waals surface area contributed by atoms with Gasteiger partial charge in [-0.15, -0.1) is 0 Å². The van der Waals surface area contributed by atoms with Gasteiger partial charge in [0.15, 0.2) is 6.10 Å². The molecule has 0 spiro atoms.